The summed E-state index contributed by atoms with van der Waals surface area (Å²) < 4.78 is 11.4. The van der Waals surface area contributed by atoms with E-state index in [0.717, 1.165) is 40.4 Å². The summed E-state index contributed by atoms with van der Waals surface area (Å²) in [6, 6.07) is 20.6. The zero-order valence-electron chi connectivity index (χ0n) is 20.8. The molecule has 2 N–H and O–H groups in total. The molecule has 5 rings (SSSR count). The first kappa shape index (κ1) is 23.0. The molecule has 5 heteroatoms. The summed E-state index contributed by atoms with van der Waals surface area (Å²) in [5.41, 5.74) is 6.23. The van der Waals surface area contributed by atoms with E-state index in [2.05, 4.69) is 60.5 Å². The van der Waals surface area contributed by atoms with Gasteiger partial charge in [0, 0.05) is 35.1 Å². The summed E-state index contributed by atoms with van der Waals surface area (Å²) in [6.07, 6.45) is 3.79. The van der Waals surface area contributed by atoms with Gasteiger partial charge in [-0.3, -0.25) is 4.79 Å². The van der Waals surface area contributed by atoms with E-state index in [-0.39, 0.29) is 11.8 Å². The van der Waals surface area contributed by atoms with Crippen LogP contribution in [-0.4, -0.2) is 31.7 Å². The van der Waals surface area contributed by atoms with Crippen molar-refractivity contribution in [2.75, 3.05) is 20.8 Å². The van der Waals surface area contributed by atoms with Crippen molar-refractivity contribution in [1.29, 1.82) is 0 Å². The van der Waals surface area contributed by atoms with Crippen LogP contribution in [0.25, 0.3) is 10.9 Å². The van der Waals surface area contributed by atoms with Gasteiger partial charge in [-0.1, -0.05) is 59.7 Å². The van der Waals surface area contributed by atoms with E-state index in [0.29, 0.717) is 18.0 Å². The topological polar surface area (TPSA) is 63.3 Å². The van der Waals surface area contributed by atoms with Crippen LogP contribution in [0.2, 0.25) is 0 Å². The number of aryl methyl sites for hydroxylation is 2. The molecule has 0 spiro atoms. The predicted molar refractivity (Wildman–Crippen MR) is 140 cm³/mol. The van der Waals surface area contributed by atoms with Crippen molar-refractivity contribution >= 4 is 16.8 Å². The van der Waals surface area contributed by atoms with Crippen molar-refractivity contribution in [3.05, 3.63) is 94.7 Å². The van der Waals surface area contributed by atoms with Gasteiger partial charge in [-0.25, -0.2) is 0 Å². The van der Waals surface area contributed by atoms with Gasteiger partial charge in [-0.05, 0) is 49.9 Å². The van der Waals surface area contributed by atoms with E-state index in [1.54, 1.807) is 14.2 Å². The Kier molecular flexibility index (Phi) is 6.01. The van der Waals surface area contributed by atoms with Crippen LogP contribution in [0.1, 0.15) is 46.6 Å². The van der Waals surface area contributed by atoms with Crippen LogP contribution in [0.3, 0.4) is 0 Å². The Morgan fingerprint density at radius 1 is 0.971 bits per heavy atom. The number of carbonyl (C=O) groups is 1. The number of aromatic nitrogens is 1. The molecule has 1 atom stereocenters. The Hall–Kier alpha value is -3.73. The minimum atomic E-state index is -0.431. The van der Waals surface area contributed by atoms with E-state index >= 15 is 0 Å². The number of carbonyl (C=O) groups excluding carboxylic acids is 1. The Labute approximate surface area is 206 Å². The van der Waals surface area contributed by atoms with E-state index in [4.69, 9.17) is 9.47 Å². The van der Waals surface area contributed by atoms with E-state index < -0.39 is 5.41 Å². The molecule has 1 heterocycles. The average Bonchev–Trinajstić information content (AvgIpc) is 3.58. The predicted octanol–water partition coefficient (Wildman–Crippen LogP) is 5.78. The molecule has 5 nitrogen and oxygen atoms in total. The maximum atomic E-state index is 13.6. The number of hydrogen-bond donors (Lipinski definition) is 2. The third kappa shape index (κ3) is 4.16. The third-order valence-electron chi connectivity index (χ3n) is 7.23. The second-order valence-electron chi connectivity index (χ2n) is 9.59. The number of nitrogens with one attached hydrogen (secondary N) is 2. The van der Waals surface area contributed by atoms with Gasteiger partial charge in [-0.15, -0.1) is 0 Å². The van der Waals surface area contributed by atoms with Crippen molar-refractivity contribution in [3.8, 4) is 11.5 Å². The Balaban J connectivity index is 1.51. The molecule has 4 aromatic rings. The Bertz CT molecular complexity index is 1360. The van der Waals surface area contributed by atoms with E-state index in [1.807, 2.05) is 30.5 Å². The van der Waals surface area contributed by atoms with Crippen LogP contribution in [0.5, 0.6) is 11.5 Å². The third-order valence-corrected chi connectivity index (χ3v) is 7.23. The Morgan fingerprint density at radius 3 is 2.40 bits per heavy atom. The van der Waals surface area contributed by atoms with E-state index in [9.17, 15) is 4.79 Å². The van der Waals surface area contributed by atoms with Gasteiger partial charge in [0.1, 0.15) is 0 Å². The molecule has 1 saturated carbocycles. The van der Waals surface area contributed by atoms with Gasteiger partial charge in [0.15, 0.2) is 11.5 Å². The number of benzene rings is 3. The first-order valence-electron chi connectivity index (χ1n) is 12.1. The van der Waals surface area contributed by atoms with Crippen molar-refractivity contribution in [3.63, 3.8) is 0 Å². The number of H-pyrrole nitrogens is 1. The molecule has 1 unspecified atom stereocenters. The Morgan fingerprint density at radius 2 is 1.71 bits per heavy atom. The molecule has 0 aliphatic heterocycles. The first-order chi connectivity index (χ1) is 17.0. The van der Waals surface area contributed by atoms with Gasteiger partial charge >= 0.3 is 0 Å². The van der Waals surface area contributed by atoms with Gasteiger partial charge in [0.05, 0.1) is 19.6 Å². The molecule has 1 aliphatic rings. The monoisotopic (exact) mass is 468 g/mol. The maximum absolute atomic E-state index is 13.6. The molecule has 1 aromatic heterocycles. The number of amides is 1. The van der Waals surface area contributed by atoms with Crippen molar-refractivity contribution in [2.45, 2.75) is 38.0 Å². The molecule has 0 bridgehead atoms. The second-order valence-corrected chi connectivity index (χ2v) is 9.59. The molecular formula is C30H32N2O3. The standard InChI is InChI=1S/C30H32N2O3/c1-19-14-20(2)16-21(15-19)30(12-13-30)29(33)32-18-25(23-9-7-11-27(34-3)28(23)35-4)24-17-31-26-10-6-5-8-22(24)26/h5-11,14-17,25,31H,12-13,18H2,1-4H3,(H,32,33). The lowest BCUT2D eigenvalue weighted by Gasteiger charge is -2.24. The van der Waals surface area contributed by atoms with Crippen LogP contribution in [-0.2, 0) is 10.2 Å². The fraction of sp³-hybridized carbons (Fsp3) is 0.300. The molecule has 180 valence electrons. The number of hydrogen-bond acceptors (Lipinski definition) is 3. The van der Waals surface area contributed by atoms with E-state index in [1.165, 1.54) is 11.1 Å². The quantitative estimate of drug-likeness (QED) is 0.344. The lowest BCUT2D eigenvalue weighted by Crippen LogP contribution is -2.37. The van der Waals surface area contributed by atoms with Crippen molar-refractivity contribution in [1.82, 2.24) is 10.3 Å². The smallest absolute Gasteiger partial charge is 0.230 e. The first-order valence-corrected chi connectivity index (χ1v) is 12.1. The van der Waals surface area contributed by atoms with Gasteiger partial charge in [0.25, 0.3) is 0 Å². The largest absolute Gasteiger partial charge is 0.493 e. The van der Waals surface area contributed by atoms with Crippen LogP contribution >= 0.6 is 0 Å². The highest BCUT2D eigenvalue weighted by Crippen LogP contribution is 2.49. The van der Waals surface area contributed by atoms with Crippen LogP contribution in [0.15, 0.2) is 66.9 Å². The summed E-state index contributed by atoms with van der Waals surface area (Å²) in [5.74, 6) is 1.34. The number of para-hydroxylation sites is 2. The van der Waals surface area contributed by atoms with Crippen LogP contribution in [0.4, 0.5) is 0 Å². The van der Waals surface area contributed by atoms with Crippen LogP contribution in [0, 0.1) is 13.8 Å². The summed E-state index contributed by atoms with van der Waals surface area (Å²) in [4.78, 5) is 17.0. The highest BCUT2D eigenvalue weighted by atomic mass is 16.5. The second kappa shape index (κ2) is 9.14. The number of rotatable bonds is 8. The highest BCUT2D eigenvalue weighted by molar-refractivity contribution is 5.91. The van der Waals surface area contributed by atoms with Gasteiger partial charge in [0.2, 0.25) is 5.91 Å². The number of methoxy groups -OCH3 is 2. The van der Waals surface area contributed by atoms with Crippen LogP contribution < -0.4 is 14.8 Å². The normalized spacial score (nSPS) is 15.0. The fourth-order valence-corrected chi connectivity index (χ4v) is 5.34. The molecule has 1 fully saturated rings. The summed E-state index contributed by atoms with van der Waals surface area (Å²) >= 11 is 0. The molecule has 1 aliphatic carbocycles. The summed E-state index contributed by atoms with van der Waals surface area (Å²) in [5, 5.41) is 4.45. The number of ether oxygens (including phenoxy) is 2. The molecule has 3 aromatic carbocycles. The van der Waals surface area contributed by atoms with Gasteiger partial charge < -0.3 is 19.8 Å². The lowest BCUT2D eigenvalue weighted by atomic mass is 9.88. The molecule has 35 heavy (non-hydrogen) atoms. The number of aromatic amines is 1. The summed E-state index contributed by atoms with van der Waals surface area (Å²) in [7, 11) is 3.30. The molecular weight excluding hydrogens is 436 g/mol. The SMILES string of the molecule is COc1cccc(C(CNC(=O)C2(c3cc(C)cc(C)c3)CC2)c2c[nH]c3ccccc23)c1OC. The zero-order chi connectivity index (χ0) is 24.6. The van der Waals surface area contributed by atoms with Crippen molar-refractivity contribution < 1.29 is 14.3 Å². The highest BCUT2D eigenvalue weighted by Gasteiger charge is 2.51. The average molecular weight is 469 g/mol. The van der Waals surface area contributed by atoms with Crippen molar-refractivity contribution in [2.24, 2.45) is 0 Å². The molecule has 0 radical (unpaired) electrons. The minimum absolute atomic E-state index is 0.0919. The minimum Gasteiger partial charge on any atom is -0.493 e. The number of fused-ring (bicyclic) bond motifs is 1. The van der Waals surface area contributed by atoms with Gasteiger partial charge in [-0.2, -0.15) is 0 Å². The molecule has 1 amide bonds. The maximum Gasteiger partial charge on any atom is 0.230 e. The fourth-order valence-electron chi connectivity index (χ4n) is 5.34. The molecule has 0 saturated heterocycles. The zero-order valence-corrected chi connectivity index (χ0v) is 20.8. The summed E-state index contributed by atoms with van der Waals surface area (Å²) in [6.45, 7) is 4.63. The lowest BCUT2D eigenvalue weighted by molar-refractivity contribution is -0.123.